The number of ether oxygens (including phenoxy) is 2. The van der Waals surface area contributed by atoms with Gasteiger partial charge < -0.3 is 19.9 Å². The molecule has 40 heavy (non-hydrogen) atoms. The number of halogens is 3. The van der Waals surface area contributed by atoms with E-state index in [1.165, 1.54) is 0 Å². The molecule has 14 nitrogen and oxygen atoms in total. The fourth-order valence-corrected chi connectivity index (χ4v) is 3.73. The van der Waals surface area contributed by atoms with Crippen LogP contribution in [-0.2, 0) is 11.3 Å². The summed E-state index contributed by atoms with van der Waals surface area (Å²) in [6.07, 6.45) is 4.16. The zero-order valence-corrected chi connectivity index (χ0v) is 21.2. The Morgan fingerprint density at radius 1 is 1.25 bits per heavy atom. The topological polar surface area (TPSA) is 167 Å². The molecule has 1 aromatic carbocycles. The largest absolute Gasteiger partial charge is 0.490 e. The van der Waals surface area contributed by atoms with Gasteiger partial charge in [0.1, 0.15) is 24.9 Å². The summed E-state index contributed by atoms with van der Waals surface area (Å²) >= 11 is 0. The van der Waals surface area contributed by atoms with Crippen LogP contribution in [-0.4, -0.2) is 77.9 Å². The maximum atomic E-state index is 10.6. The number of carboxylic acid groups (broad SMARTS) is 1. The second-order valence-corrected chi connectivity index (χ2v) is 8.56. The Balaban J connectivity index is 0.000000470. The number of aryl methyl sites for hydroxylation is 1. The fourth-order valence-electron chi connectivity index (χ4n) is 3.73. The first-order valence-electron chi connectivity index (χ1n) is 12.1. The SMILES string of the molecule is C#CCCC1(CCNC(c2cnn(CC)n2)c2nnnn2-c2ccc3c(c2)OCCO3)N=N1.O=C(O)C(F)(F)F. The molecule has 5 rings (SSSR count). The summed E-state index contributed by atoms with van der Waals surface area (Å²) in [6, 6.07) is 5.22. The lowest BCUT2D eigenvalue weighted by Gasteiger charge is -2.20. The number of nitrogens with zero attached hydrogens (tertiary/aromatic N) is 9. The van der Waals surface area contributed by atoms with Crippen molar-refractivity contribution in [1.29, 1.82) is 0 Å². The van der Waals surface area contributed by atoms with Gasteiger partial charge in [-0.1, -0.05) is 0 Å². The van der Waals surface area contributed by atoms with Crippen LogP contribution >= 0.6 is 0 Å². The molecule has 3 aromatic rings. The molecule has 0 spiro atoms. The third kappa shape index (κ3) is 6.88. The van der Waals surface area contributed by atoms with Crippen LogP contribution in [0.3, 0.4) is 0 Å². The highest BCUT2D eigenvalue weighted by molar-refractivity contribution is 5.73. The normalized spacial score (nSPS) is 15.5. The molecule has 0 saturated heterocycles. The zero-order chi connectivity index (χ0) is 28.8. The van der Waals surface area contributed by atoms with Gasteiger partial charge in [-0.2, -0.15) is 43.1 Å². The number of carboxylic acids is 1. The predicted molar refractivity (Wildman–Crippen MR) is 130 cm³/mol. The minimum absolute atomic E-state index is 0.382. The quantitative estimate of drug-likeness (QED) is 0.350. The molecule has 0 bridgehead atoms. The molecule has 212 valence electrons. The van der Waals surface area contributed by atoms with Gasteiger partial charge in [0, 0.05) is 31.9 Å². The molecule has 2 aliphatic rings. The first kappa shape index (κ1) is 28.4. The summed E-state index contributed by atoms with van der Waals surface area (Å²) in [5.41, 5.74) is 1.09. The molecular weight excluding hydrogens is 537 g/mol. The van der Waals surface area contributed by atoms with Crippen LogP contribution in [0.5, 0.6) is 11.5 Å². The van der Waals surface area contributed by atoms with Gasteiger partial charge in [0.2, 0.25) is 0 Å². The van der Waals surface area contributed by atoms with E-state index in [0.29, 0.717) is 55.7 Å². The van der Waals surface area contributed by atoms with E-state index in [1.807, 2.05) is 25.1 Å². The molecule has 0 fully saturated rings. The number of hydrogen-bond donors (Lipinski definition) is 2. The minimum atomic E-state index is -5.08. The highest BCUT2D eigenvalue weighted by atomic mass is 19.4. The summed E-state index contributed by atoms with van der Waals surface area (Å²) in [7, 11) is 0. The van der Waals surface area contributed by atoms with Crippen LogP contribution in [0.2, 0.25) is 0 Å². The van der Waals surface area contributed by atoms with E-state index >= 15 is 0 Å². The molecule has 4 heterocycles. The number of hydrogen-bond acceptors (Lipinski definition) is 11. The maximum absolute atomic E-state index is 10.6. The first-order chi connectivity index (χ1) is 19.2. The van der Waals surface area contributed by atoms with E-state index in [4.69, 9.17) is 25.8 Å². The van der Waals surface area contributed by atoms with Crippen molar-refractivity contribution in [3.8, 4) is 29.5 Å². The summed E-state index contributed by atoms with van der Waals surface area (Å²) in [4.78, 5) is 10.5. The standard InChI is InChI=1S/C21H24N10O2.C2HF3O2/c1-3-5-8-21(26-27-21)9-10-22-19(16-14-23-30(4-2)25-16)20-24-28-29-31(20)15-6-7-17-18(13-15)33-12-11-32-17;3-2(4,5)1(6)7/h1,6-7,13-14,19,22H,4-5,8-12H2,2H3;(H,6,7). The van der Waals surface area contributed by atoms with Crippen LogP contribution in [0.1, 0.15) is 43.7 Å². The van der Waals surface area contributed by atoms with Crippen LogP contribution in [0.25, 0.3) is 5.69 Å². The number of fused-ring (bicyclic) bond motifs is 1. The Hall–Kier alpha value is -4.59. The van der Waals surface area contributed by atoms with E-state index in [0.717, 1.165) is 18.5 Å². The molecule has 0 saturated carbocycles. The van der Waals surface area contributed by atoms with Crippen LogP contribution in [0.4, 0.5) is 13.2 Å². The van der Waals surface area contributed by atoms with Crippen molar-refractivity contribution < 1.29 is 32.5 Å². The van der Waals surface area contributed by atoms with Crippen molar-refractivity contribution in [2.45, 2.75) is 50.6 Å². The molecule has 2 N–H and O–H groups in total. The summed E-state index contributed by atoms with van der Waals surface area (Å²) in [5, 5.41) is 40.4. The molecular formula is C23H25F3N10O4. The van der Waals surface area contributed by atoms with Gasteiger partial charge in [-0.25, -0.2) is 4.79 Å². The number of benzene rings is 1. The number of rotatable bonds is 10. The van der Waals surface area contributed by atoms with Gasteiger partial charge in [-0.3, -0.25) is 0 Å². The third-order valence-corrected chi connectivity index (χ3v) is 5.82. The Labute approximate surface area is 225 Å². The third-order valence-electron chi connectivity index (χ3n) is 5.82. The minimum Gasteiger partial charge on any atom is -0.486 e. The van der Waals surface area contributed by atoms with E-state index < -0.39 is 18.2 Å². The number of aromatic nitrogens is 7. The van der Waals surface area contributed by atoms with Gasteiger partial charge in [-0.15, -0.1) is 17.4 Å². The summed E-state index contributed by atoms with van der Waals surface area (Å²) in [6.45, 7) is 4.29. The maximum Gasteiger partial charge on any atom is 0.490 e. The average Bonchev–Trinajstić information content (AvgIpc) is 3.31. The van der Waals surface area contributed by atoms with Crippen molar-refractivity contribution in [2.24, 2.45) is 10.2 Å². The van der Waals surface area contributed by atoms with Crippen LogP contribution in [0, 0.1) is 12.3 Å². The lowest BCUT2D eigenvalue weighted by molar-refractivity contribution is -0.192. The highest BCUT2D eigenvalue weighted by Crippen LogP contribution is 2.36. The van der Waals surface area contributed by atoms with Gasteiger partial charge in [0.25, 0.3) is 0 Å². The van der Waals surface area contributed by atoms with Gasteiger partial charge in [0.05, 0.1) is 18.4 Å². The zero-order valence-electron chi connectivity index (χ0n) is 21.2. The fraction of sp³-hybridized carbons (Fsp3) is 0.478. The number of aliphatic carboxylic acids is 1. The van der Waals surface area contributed by atoms with Crippen molar-refractivity contribution in [3.05, 3.63) is 35.9 Å². The van der Waals surface area contributed by atoms with Gasteiger partial charge >= 0.3 is 12.1 Å². The van der Waals surface area contributed by atoms with E-state index in [1.54, 1.807) is 15.7 Å². The van der Waals surface area contributed by atoms with E-state index in [-0.39, 0.29) is 5.66 Å². The van der Waals surface area contributed by atoms with E-state index in [2.05, 4.69) is 47.2 Å². The van der Waals surface area contributed by atoms with E-state index in [9.17, 15) is 13.2 Å². The number of alkyl halides is 3. The Morgan fingerprint density at radius 3 is 2.60 bits per heavy atom. The second kappa shape index (κ2) is 12.1. The van der Waals surface area contributed by atoms with Crippen molar-refractivity contribution in [2.75, 3.05) is 19.8 Å². The Kier molecular flexibility index (Phi) is 8.58. The molecule has 2 aliphatic heterocycles. The van der Waals surface area contributed by atoms with Gasteiger partial charge in [0.15, 0.2) is 23.0 Å². The van der Waals surface area contributed by atoms with Crippen molar-refractivity contribution >= 4 is 5.97 Å². The number of tetrazole rings is 1. The molecule has 1 unspecified atom stereocenters. The molecule has 0 radical (unpaired) electrons. The van der Waals surface area contributed by atoms with Gasteiger partial charge in [-0.05, 0) is 29.5 Å². The number of terminal acetylenes is 1. The Bertz CT molecular complexity index is 1390. The molecule has 17 heteroatoms. The lowest BCUT2D eigenvalue weighted by atomic mass is 10.0. The lowest BCUT2D eigenvalue weighted by Crippen LogP contribution is -2.30. The molecule has 0 aliphatic carbocycles. The molecule has 0 amide bonds. The van der Waals surface area contributed by atoms with Crippen LogP contribution in [0.15, 0.2) is 34.6 Å². The first-order valence-corrected chi connectivity index (χ1v) is 12.1. The average molecular weight is 563 g/mol. The second-order valence-electron chi connectivity index (χ2n) is 8.56. The summed E-state index contributed by atoms with van der Waals surface area (Å²) < 4.78 is 44.8. The molecule has 1 atom stereocenters. The smallest absolute Gasteiger partial charge is 0.486 e. The Morgan fingerprint density at radius 2 is 1.98 bits per heavy atom. The van der Waals surface area contributed by atoms with Crippen LogP contribution < -0.4 is 14.8 Å². The molecule has 2 aromatic heterocycles. The van der Waals surface area contributed by atoms with Crippen molar-refractivity contribution in [3.63, 3.8) is 0 Å². The number of nitrogens with one attached hydrogen (secondary N) is 1. The highest BCUT2D eigenvalue weighted by Gasteiger charge is 2.39. The number of carbonyl (C=O) groups is 1. The summed E-state index contributed by atoms with van der Waals surface area (Å²) in [5.74, 6) is 1.85. The van der Waals surface area contributed by atoms with Crippen molar-refractivity contribution in [1.82, 2.24) is 40.5 Å². The predicted octanol–water partition coefficient (Wildman–Crippen LogP) is 2.32. The monoisotopic (exact) mass is 562 g/mol.